The molecule has 1 aromatic heterocycles. The van der Waals surface area contributed by atoms with Crippen LogP contribution < -0.4 is 9.47 Å². The fraction of sp³-hybridized carbons (Fsp3) is 0.385. The molecular weight excluding hydrogens is 248 g/mol. The van der Waals surface area contributed by atoms with E-state index in [4.69, 9.17) is 13.9 Å². The van der Waals surface area contributed by atoms with Crippen LogP contribution in [-0.2, 0) is 13.2 Å². The molecule has 0 atom stereocenters. The van der Waals surface area contributed by atoms with Crippen molar-refractivity contribution in [2.24, 2.45) is 0 Å². The average molecular weight is 264 g/mol. The summed E-state index contributed by atoms with van der Waals surface area (Å²) in [6.07, 6.45) is 0. The lowest BCUT2D eigenvalue weighted by atomic mass is 10.2. The first-order valence-corrected chi connectivity index (χ1v) is 6.02. The summed E-state index contributed by atoms with van der Waals surface area (Å²) in [5.74, 6) is 1.96. The van der Waals surface area contributed by atoms with Gasteiger partial charge in [0.1, 0.15) is 0 Å². The Hall–Kier alpha value is -2.08. The number of aliphatic hydroxyl groups is 1. The van der Waals surface area contributed by atoms with Gasteiger partial charge in [-0.25, -0.2) is 0 Å². The largest absolute Gasteiger partial charge is 0.490 e. The molecule has 0 bridgehead atoms. The smallest absolute Gasteiger partial charge is 0.253 e. The number of aromatic nitrogens is 2. The van der Waals surface area contributed by atoms with Crippen LogP contribution in [0.15, 0.2) is 22.6 Å². The third-order valence-electron chi connectivity index (χ3n) is 2.44. The molecule has 2 rings (SSSR count). The lowest BCUT2D eigenvalue weighted by Gasteiger charge is -2.13. The van der Waals surface area contributed by atoms with Crippen LogP contribution in [0.3, 0.4) is 0 Å². The van der Waals surface area contributed by atoms with Crippen LogP contribution >= 0.6 is 0 Å². The second-order valence-corrected chi connectivity index (χ2v) is 3.84. The standard InChI is InChI=1S/C13H16N2O4/c1-3-17-11-6-4-5-10(7-16)13(11)18-8-12-15-14-9(2)19-12/h4-6,16H,3,7-8H2,1-2H3. The minimum atomic E-state index is -0.126. The van der Waals surface area contributed by atoms with E-state index in [-0.39, 0.29) is 13.2 Å². The van der Waals surface area contributed by atoms with Gasteiger partial charge in [-0.1, -0.05) is 12.1 Å². The van der Waals surface area contributed by atoms with E-state index in [0.717, 1.165) is 0 Å². The first kappa shape index (κ1) is 13.4. The maximum absolute atomic E-state index is 9.33. The quantitative estimate of drug-likeness (QED) is 0.857. The van der Waals surface area contributed by atoms with E-state index in [0.29, 0.717) is 35.5 Å². The third-order valence-corrected chi connectivity index (χ3v) is 2.44. The Labute approximate surface area is 111 Å². The highest BCUT2D eigenvalue weighted by atomic mass is 16.5. The molecule has 0 spiro atoms. The Morgan fingerprint density at radius 3 is 2.74 bits per heavy atom. The van der Waals surface area contributed by atoms with Crippen molar-refractivity contribution in [1.82, 2.24) is 10.2 Å². The van der Waals surface area contributed by atoms with Gasteiger partial charge in [0.05, 0.1) is 13.2 Å². The van der Waals surface area contributed by atoms with Gasteiger partial charge in [0.25, 0.3) is 5.89 Å². The molecule has 0 aliphatic rings. The van der Waals surface area contributed by atoms with E-state index in [9.17, 15) is 5.11 Å². The van der Waals surface area contributed by atoms with Crippen molar-refractivity contribution in [2.75, 3.05) is 6.61 Å². The Morgan fingerprint density at radius 1 is 1.26 bits per heavy atom. The van der Waals surface area contributed by atoms with Crippen LogP contribution in [0.25, 0.3) is 0 Å². The van der Waals surface area contributed by atoms with Gasteiger partial charge in [-0.05, 0) is 13.0 Å². The summed E-state index contributed by atoms with van der Waals surface area (Å²) >= 11 is 0. The number of aliphatic hydroxyl groups excluding tert-OH is 1. The van der Waals surface area contributed by atoms with Crippen molar-refractivity contribution in [3.8, 4) is 11.5 Å². The van der Waals surface area contributed by atoms with Gasteiger partial charge >= 0.3 is 0 Å². The zero-order valence-corrected chi connectivity index (χ0v) is 10.9. The summed E-state index contributed by atoms with van der Waals surface area (Å²) < 4.78 is 16.3. The van der Waals surface area contributed by atoms with Gasteiger partial charge in [-0.15, -0.1) is 10.2 Å². The lowest BCUT2D eigenvalue weighted by Crippen LogP contribution is -2.03. The molecule has 0 amide bonds. The van der Waals surface area contributed by atoms with Crippen molar-refractivity contribution in [1.29, 1.82) is 0 Å². The molecule has 19 heavy (non-hydrogen) atoms. The summed E-state index contributed by atoms with van der Waals surface area (Å²) in [5, 5.41) is 16.9. The van der Waals surface area contributed by atoms with Crippen LogP contribution in [0.2, 0.25) is 0 Å². The fourth-order valence-corrected chi connectivity index (χ4v) is 1.65. The molecule has 1 heterocycles. The minimum absolute atomic E-state index is 0.126. The highest BCUT2D eigenvalue weighted by Crippen LogP contribution is 2.32. The lowest BCUT2D eigenvalue weighted by molar-refractivity contribution is 0.224. The number of benzene rings is 1. The van der Waals surface area contributed by atoms with Crippen molar-refractivity contribution in [2.45, 2.75) is 27.1 Å². The predicted octanol–water partition coefficient (Wildman–Crippen LogP) is 1.85. The van der Waals surface area contributed by atoms with E-state index in [1.807, 2.05) is 6.92 Å². The summed E-state index contributed by atoms with van der Waals surface area (Å²) in [7, 11) is 0. The molecule has 6 heteroatoms. The zero-order valence-electron chi connectivity index (χ0n) is 10.9. The zero-order chi connectivity index (χ0) is 13.7. The van der Waals surface area contributed by atoms with Crippen molar-refractivity contribution in [3.63, 3.8) is 0 Å². The van der Waals surface area contributed by atoms with E-state index in [1.54, 1.807) is 25.1 Å². The number of aryl methyl sites for hydroxylation is 1. The molecule has 0 radical (unpaired) electrons. The van der Waals surface area contributed by atoms with Crippen LogP contribution in [0, 0.1) is 6.92 Å². The average Bonchev–Trinajstić information content (AvgIpc) is 2.83. The second kappa shape index (κ2) is 6.19. The Kier molecular flexibility index (Phi) is 4.35. The number of hydrogen-bond acceptors (Lipinski definition) is 6. The molecule has 0 aliphatic carbocycles. The van der Waals surface area contributed by atoms with Gasteiger partial charge in [0.2, 0.25) is 5.89 Å². The second-order valence-electron chi connectivity index (χ2n) is 3.84. The van der Waals surface area contributed by atoms with Crippen molar-refractivity contribution in [3.05, 3.63) is 35.5 Å². The molecule has 0 saturated heterocycles. The van der Waals surface area contributed by atoms with Gasteiger partial charge in [-0.2, -0.15) is 0 Å². The highest BCUT2D eigenvalue weighted by Gasteiger charge is 2.12. The van der Waals surface area contributed by atoms with Crippen LogP contribution in [0.5, 0.6) is 11.5 Å². The van der Waals surface area contributed by atoms with Gasteiger partial charge in [-0.3, -0.25) is 0 Å². The van der Waals surface area contributed by atoms with Crippen LogP contribution in [0.4, 0.5) is 0 Å². The van der Waals surface area contributed by atoms with E-state index in [2.05, 4.69) is 10.2 Å². The normalized spacial score (nSPS) is 10.5. The molecule has 0 unspecified atom stereocenters. The monoisotopic (exact) mass is 264 g/mol. The number of para-hydroxylation sites is 1. The summed E-state index contributed by atoms with van der Waals surface area (Å²) in [6, 6.07) is 5.37. The highest BCUT2D eigenvalue weighted by molar-refractivity contribution is 5.46. The SMILES string of the molecule is CCOc1cccc(CO)c1OCc1nnc(C)o1. The van der Waals surface area contributed by atoms with Crippen LogP contribution in [-0.4, -0.2) is 21.9 Å². The topological polar surface area (TPSA) is 77.6 Å². The van der Waals surface area contributed by atoms with Crippen molar-refractivity contribution >= 4 is 0 Å². The molecule has 0 aliphatic heterocycles. The van der Waals surface area contributed by atoms with E-state index < -0.39 is 0 Å². The summed E-state index contributed by atoms with van der Waals surface area (Å²) in [4.78, 5) is 0. The molecule has 2 aromatic rings. The third kappa shape index (κ3) is 3.23. The molecule has 0 saturated carbocycles. The molecule has 1 N–H and O–H groups in total. The van der Waals surface area contributed by atoms with Gasteiger partial charge < -0.3 is 19.0 Å². The maximum atomic E-state index is 9.33. The molecule has 102 valence electrons. The minimum Gasteiger partial charge on any atom is -0.490 e. The Bertz CT molecular complexity index is 539. The van der Waals surface area contributed by atoms with Crippen molar-refractivity contribution < 1.29 is 19.0 Å². The molecule has 6 nitrogen and oxygen atoms in total. The van der Waals surface area contributed by atoms with Crippen LogP contribution in [0.1, 0.15) is 24.3 Å². The summed E-state index contributed by atoms with van der Waals surface area (Å²) in [6.45, 7) is 4.13. The summed E-state index contributed by atoms with van der Waals surface area (Å²) in [5.41, 5.74) is 0.655. The fourth-order valence-electron chi connectivity index (χ4n) is 1.65. The first-order chi connectivity index (χ1) is 9.24. The number of nitrogens with zero attached hydrogens (tertiary/aromatic N) is 2. The van der Waals surface area contributed by atoms with Gasteiger partial charge in [0.15, 0.2) is 18.1 Å². The number of rotatable bonds is 6. The molecule has 0 fully saturated rings. The Morgan fingerprint density at radius 2 is 2.11 bits per heavy atom. The number of hydrogen-bond donors (Lipinski definition) is 1. The molecule has 1 aromatic carbocycles. The van der Waals surface area contributed by atoms with E-state index in [1.165, 1.54) is 0 Å². The predicted molar refractivity (Wildman–Crippen MR) is 66.9 cm³/mol. The van der Waals surface area contributed by atoms with E-state index >= 15 is 0 Å². The molecular formula is C13H16N2O4. The van der Waals surface area contributed by atoms with Gasteiger partial charge in [0, 0.05) is 12.5 Å². The Balaban J connectivity index is 2.17. The maximum Gasteiger partial charge on any atom is 0.253 e. The first-order valence-electron chi connectivity index (χ1n) is 6.02. The number of ether oxygens (including phenoxy) is 2.